The summed E-state index contributed by atoms with van der Waals surface area (Å²) in [6, 6.07) is 10.8. The number of aromatic nitrogens is 2. The molecule has 1 aromatic heterocycles. The Morgan fingerprint density at radius 3 is 2.81 bits per heavy atom. The summed E-state index contributed by atoms with van der Waals surface area (Å²) in [4.78, 5) is 2.94. The SMILES string of the molecule is Fc1ccc2[nH]c(=S)n(CC3Cc4ccccc43)c2c1F. The predicted molar refractivity (Wildman–Crippen MR) is 79.9 cm³/mol. The standard InChI is InChI=1S/C16H12F2N2S/c17-12-5-6-13-15(14(12)18)20(16(21)19-13)8-10-7-9-3-1-2-4-11(9)10/h1-6,10H,7-8H2,(H,19,21). The number of imidazole rings is 1. The maximum absolute atomic E-state index is 14.1. The lowest BCUT2D eigenvalue weighted by molar-refractivity contribution is 0.490. The number of nitrogens with one attached hydrogen (secondary N) is 1. The zero-order valence-corrected chi connectivity index (χ0v) is 11.9. The maximum Gasteiger partial charge on any atom is 0.184 e. The van der Waals surface area contributed by atoms with Gasteiger partial charge in [-0.25, -0.2) is 8.78 Å². The molecule has 0 fully saturated rings. The summed E-state index contributed by atoms with van der Waals surface area (Å²) in [5, 5.41) is 0. The lowest BCUT2D eigenvalue weighted by Crippen LogP contribution is -2.22. The highest BCUT2D eigenvalue weighted by Gasteiger charge is 2.27. The van der Waals surface area contributed by atoms with E-state index in [4.69, 9.17) is 12.2 Å². The van der Waals surface area contributed by atoms with Crippen LogP contribution in [-0.4, -0.2) is 9.55 Å². The van der Waals surface area contributed by atoms with Gasteiger partial charge in [-0.2, -0.15) is 0 Å². The molecule has 1 heterocycles. The Balaban J connectivity index is 1.80. The van der Waals surface area contributed by atoms with E-state index in [1.807, 2.05) is 12.1 Å². The lowest BCUT2D eigenvalue weighted by atomic mass is 9.77. The molecule has 0 radical (unpaired) electrons. The molecule has 21 heavy (non-hydrogen) atoms. The highest BCUT2D eigenvalue weighted by molar-refractivity contribution is 7.71. The Hall–Kier alpha value is -2.01. The number of halogens is 2. The van der Waals surface area contributed by atoms with Crippen LogP contribution in [0.4, 0.5) is 8.78 Å². The van der Waals surface area contributed by atoms with Gasteiger partial charge in [-0.1, -0.05) is 24.3 Å². The van der Waals surface area contributed by atoms with Crippen molar-refractivity contribution < 1.29 is 8.78 Å². The van der Waals surface area contributed by atoms with Crippen molar-refractivity contribution in [3.8, 4) is 0 Å². The Labute approximate surface area is 125 Å². The Morgan fingerprint density at radius 2 is 2.00 bits per heavy atom. The Morgan fingerprint density at radius 1 is 1.19 bits per heavy atom. The second-order valence-corrected chi connectivity index (χ2v) is 5.78. The number of H-pyrrole nitrogens is 1. The van der Waals surface area contributed by atoms with E-state index in [9.17, 15) is 8.78 Å². The van der Waals surface area contributed by atoms with Crippen LogP contribution in [-0.2, 0) is 13.0 Å². The van der Waals surface area contributed by atoms with Gasteiger partial charge in [-0.05, 0) is 41.9 Å². The van der Waals surface area contributed by atoms with Crippen molar-refractivity contribution in [2.24, 2.45) is 0 Å². The minimum atomic E-state index is -0.848. The van der Waals surface area contributed by atoms with Crippen molar-refractivity contribution in [1.29, 1.82) is 0 Å². The first-order valence-corrected chi connectivity index (χ1v) is 7.20. The molecule has 106 valence electrons. The third-order valence-corrected chi connectivity index (χ3v) is 4.51. The zero-order valence-electron chi connectivity index (χ0n) is 11.1. The van der Waals surface area contributed by atoms with Crippen molar-refractivity contribution in [2.45, 2.75) is 18.9 Å². The first-order chi connectivity index (χ1) is 10.1. The van der Waals surface area contributed by atoms with Crippen molar-refractivity contribution >= 4 is 23.3 Å². The fourth-order valence-electron chi connectivity index (χ4n) is 3.11. The lowest BCUT2D eigenvalue weighted by Gasteiger charge is -2.30. The van der Waals surface area contributed by atoms with E-state index in [1.54, 1.807) is 4.57 Å². The molecule has 4 rings (SSSR count). The number of benzene rings is 2. The van der Waals surface area contributed by atoms with Crippen LogP contribution in [0.2, 0.25) is 0 Å². The van der Waals surface area contributed by atoms with Gasteiger partial charge in [0.2, 0.25) is 0 Å². The molecule has 2 aromatic carbocycles. The molecule has 0 saturated carbocycles. The summed E-state index contributed by atoms with van der Waals surface area (Å²) in [5.41, 5.74) is 3.35. The van der Waals surface area contributed by atoms with E-state index in [-0.39, 0.29) is 5.52 Å². The third-order valence-electron chi connectivity index (χ3n) is 4.19. The molecule has 0 saturated heterocycles. The summed E-state index contributed by atoms with van der Waals surface area (Å²) in [5.74, 6) is -1.39. The average Bonchev–Trinajstić information content (AvgIpc) is 2.77. The molecule has 3 aromatic rings. The summed E-state index contributed by atoms with van der Waals surface area (Å²) in [6.07, 6.45) is 0.946. The van der Waals surface area contributed by atoms with Crippen LogP contribution in [0.15, 0.2) is 36.4 Å². The molecule has 1 N–H and O–H groups in total. The highest BCUT2D eigenvalue weighted by atomic mass is 32.1. The molecule has 1 aliphatic rings. The molecule has 1 atom stereocenters. The van der Waals surface area contributed by atoms with Gasteiger partial charge in [0.15, 0.2) is 16.4 Å². The van der Waals surface area contributed by atoms with Crippen molar-refractivity contribution in [1.82, 2.24) is 9.55 Å². The van der Waals surface area contributed by atoms with E-state index in [0.717, 1.165) is 12.5 Å². The van der Waals surface area contributed by atoms with Gasteiger partial charge in [0, 0.05) is 12.5 Å². The summed E-state index contributed by atoms with van der Waals surface area (Å²) < 4.78 is 29.7. The normalized spacial score (nSPS) is 16.8. The van der Waals surface area contributed by atoms with Gasteiger partial charge in [0.25, 0.3) is 0 Å². The minimum absolute atomic E-state index is 0.226. The van der Waals surface area contributed by atoms with E-state index in [0.29, 0.717) is 22.8 Å². The summed E-state index contributed by atoms with van der Waals surface area (Å²) in [6.45, 7) is 0.566. The minimum Gasteiger partial charge on any atom is -0.330 e. The van der Waals surface area contributed by atoms with Crippen LogP contribution in [0.5, 0.6) is 0 Å². The van der Waals surface area contributed by atoms with E-state index >= 15 is 0 Å². The second-order valence-electron chi connectivity index (χ2n) is 5.40. The molecular weight excluding hydrogens is 290 g/mol. The fourth-order valence-corrected chi connectivity index (χ4v) is 3.38. The van der Waals surface area contributed by atoms with Gasteiger partial charge < -0.3 is 9.55 Å². The Kier molecular flexibility index (Phi) is 2.72. The van der Waals surface area contributed by atoms with Gasteiger partial charge >= 0.3 is 0 Å². The predicted octanol–water partition coefficient (Wildman–Crippen LogP) is 4.32. The fraction of sp³-hybridized carbons (Fsp3) is 0.188. The molecule has 1 unspecified atom stereocenters. The van der Waals surface area contributed by atoms with Gasteiger partial charge in [-0.15, -0.1) is 0 Å². The van der Waals surface area contributed by atoms with Crippen molar-refractivity contribution in [3.63, 3.8) is 0 Å². The molecule has 5 heteroatoms. The van der Waals surface area contributed by atoms with Gasteiger partial charge in [0.05, 0.1) is 5.52 Å². The molecule has 1 aliphatic carbocycles. The average molecular weight is 302 g/mol. The smallest absolute Gasteiger partial charge is 0.184 e. The highest BCUT2D eigenvalue weighted by Crippen LogP contribution is 2.37. The molecule has 0 bridgehead atoms. The molecule has 0 aliphatic heterocycles. The number of hydrogen-bond acceptors (Lipinski definition) is 1. The molecule has 2 nitrogen and oxygen atoms in total. The zero-order chi connectivity index (χ0) is 14.6. The van der Waals surface area contributed by atoms with Gasteiger partial charge in [0.1, 0.15) is 5.52 Å². The number of hydrogen-bond donors (Lipinski definition) is 1. The van der Waals surface area contributed by atoms with Crippen LogP contribution in [0.1, 0.15) is 17.0 Å². The summed E-state index contributed by atoms with van der Waals surface area (Å²) in [7, 11) is 0. The van der Waals surface area contributed by atoms with E-state index in [2.05, 4.69) is 17.1 Å². The van der Waals surface area contributed by atoms with Crippen LogP contribution in [0.25, 0.3) is 11.0 Å². The molecule has 0 spiro atoms. The van der Waals surface area contributed by atoms with Crippen LogP contribution < -0.4 is 0 Å². The third kappa shape index (κ3) is 1.84. The van der Waals surface area contributed by atoms with Crippen LogP contribution in [0, 0.1) is 16.4 Å². The number of aromatic amines is 1. The maximum atomic E-state index is 14.1. The quantitative estimate of drug-likeness (QED) is 0.699. The number of fused-ring (bicyclic) bond motifs is 2. The Bertz CT molecular complexity index is 910. The van der Waals surface area contributed by atoms with Crippen molar-refractivity contribution in [3.05, 3.63) is 63.9 Å². The second kappa shape index (κ2) is 4.49. The van der Waals surface area contributed by atoms with E-state index < -0.39 is 11.6 Å². The molecular formula is C16H12F2N2S. The first-order valence-electron chi connectivity index (χ1n) is 6.79. The van der Waals surface area contributed by atoms with E-state index in [1.165, 1.54) is 17.2 Å². The number of nitrogens with zero attached hydrogens (tertiary/aromatic N) is 1. The topological polar surface area (TPSA) is 20.7 Å². The van der Waals surface area contributed by atoms with Crippen LogP contribution in [0.3, 0.4) is 0 Å². The first kappa shape index (κ1) is 12.7. The van der Waals surface area contributed by atoms with Crippen molar-refractivity contribution in [2.75, 3.05) is 0 Å². The monoisotopic (exact) mass is 302 g/mol. The van der Waals surface area contributed by atoms with Gasteiger partial charge in [-0.3, -0.25) is 0 Å². The largest absolute Gasteiger partial charge is 0.330 e. The van der Waals surface area contributed by atoms with Crippen LogP contribution >= 0.6 is 12.2 Å². The summed E-state index contributed by atoms with van der Waals surface area (Å²) >= 11 is 5.26. The number of rotatable bonds is 2. The molecule has 0 amide bonds.